The number of carbonyl (C=O) groups excluding carboxylic acids is 2. The Labute approximate surface area is 116 Å². The van der Waals surface area contributed by atoms with E-state index in [1.54, 1.807) is 0 Å². The molecule has 4 N–H and O–H groups in total. The van der Waals surface area contributed by atoms with Crippen LogP contribution in [0.4, 0.5) is 0 Å². The van der Waals surface area contributed by atoms with Crippen LogP contribution in [0.1, 0.15) is 24.3 Å². The van der Waals surface area contributed by atoms with Gasteiger partial charge < -0.3 is 11.5 Å². The molecular weight excluding hydrogens is 352 g/mol. The first-order valence-corrected chi connectivity index (χ1v) is 6.50. The Morgan fingerprint density at radius 1 is 1.12 bits per heavy atom. The summed E-state index contributed by atoms with van der Waals surface area (Å²) in [7, 11) is 0. The standard InChI is InChI=1S/C11H12Br2N2O2/c12-7-1-2-8(9(13)5-7)6(3-10(14)16)4-11(15)17/h1-2,5-6H,3-4H2,(H2,14,16)(H2,15,17). The maximum Gasteiger partial charge on any atom is 0.218 e. The van der Waals surface area contributed by atoms with Gasteiger partial charge in [-0.3, -0.25) is 9.59 Å². The molecule has 0 aromatic heterocycles. The van der Waals surface area contributed by atoms with Crippen LogP contribution in [0.15, 0.2) is 27.1 Å². The second kappa shape index (κ2) is 6.16. The average Bonchev–Trinajstić information content (AvgIpc) is 2.14. The molecule has 0 bridgehead atoms. The van der Waals surface area contributed by atoms with Gasteiger partial charge in [-0.1, -0.05) is 37.9 Å². The Kier molecular flexibility index (Phi) is 5.14. The molecule has 92 valence electrons. The second-order valence-corrected chi connectivity index (χ2v) is 5.47. The molecule has 0 atom stereocenters. The van der Waals surface area contributed by atoms with Gasteiger partial charge in [-0.05, 0) is 17.7 Å². The molecule has 0 aliphatic carbocycles. The first kappa shape index (κ1) is 14.2. The molecule has 17 heavy (non-hydrogen) atoms. The summed E-state index contributed by atoms with van der Waals surface area (Å²) in [4.78, 5) is 22.0. The van der Waals surface area contributed by atoms with Crippen LogP contribution >= 0.6 is 31.9 Å². The number of hydrogen-bond donors (Lipinski definition) is 2. The highest BCUT2D eigenvalue weighted by molar-refractivity contribution is 9.11. The van der Waals surface area contributed by atoms with E-state index in [0.29, 0.717) is 0 Å². The largest absolute Gasteiger partial charge is 0.370 e. The lowest BCUT2D eigenvalue weighted by Crippen LogP contribution is -2.21. The van der Waals surface area contributed by atoms with Gasteiger partial charge in [-0.25, -0.2) is 0 Å². The molecule has 2 amide bonds. The van der Waals surface area contributed by atoms with Crippen LogP contribution in [0, 0.1) is 0 Å². The third-order valence-corrected chi connectivity index (χ3v) is 3.48. The lowest BCUT2D eigenvalue weighted by molar-refractivity contribution is -0.119. The smallest absolute Gasteiger partial charge is 0.218 e. The highest BCUT2D eigenvalue weighted by Gasteiger charge is 2.19. The van der Waals surface area contributed by atoms with Crippen LogP contribution < -0.4 is 11.5 Å². The predicted molar refractivity (Wildman–Crippen MR) is 72.2 cm³/mol. The minimum atomic E-state index is -0.453. The lowest BCUT2D eigenvalue weighted by Gasteiger charge is -2.15. The monoisotopic (exact) mass is 362 g/mol. The van der Waals surface area contributed by atoms with Crippen LogP contribution in [-0.2, 0) is 9.59 Å². The second-order valence-electron chi connectivity index (χ2n) is 3.70. The highest BCUT2D eigenvalue weighted by atomic mass is 79.9. The average molecular weight is 364 g/mol. The molecule has 6 heteroatoms. The third-order valence-electron chi connectivity index (χ3n) is 2.30. The summed E-state index contributed by atoms with van der Waals surface area (Å²) >= 11 is 6.73. The lowest BCUT2D eigenvalue weighted by atomic mass is 9.92. The summed E-state index contributed by atoms with van der Waals surface area (Å²) in [6, 6.07) is 5.53. The van der Waals surface area contributed by atoms with Crippen molar-refractivity contribution in [2.24, 2.45) is 11.5 Å². The van der Waals surface area contributed by atoms with Crippen molar-refractivity contribution in [1.29, 1.82) is 0 Å². The highest BCUT2D eigenvalue weighted by Crippen LogP contribution is 2.31. The maximum absolute atomic E-state index is 11.0. The number of halogens is 2. The number of carbonyl (C=O) groups is 2. The van der Waals surface area contributed by atoms with Crippen molar-refractivity contribution in [1.82, 2.24) is 0 Å². The van der Waals surface area contributed by atoms with Gasteiger partial charge in [0.25, 0.3) is 0 Å². The van der Waals surface area contributed by atoms with Gasteiger partial charge in [-0.15, -0.1) is 0 Å². The van der Waals surface area contributed by atoms with Crippen LogP contribution in [0.25, 0.3) is 0 Å². The van der Waals surface area contributed by atoms with E-state index in [9.17, 15) is 9.59 Å². The maximum atomic E-state index is 11.0. The normalized spacial score (nSPS) is 10.5. The number of benzene rings is 1. The van der Waals surface area contributed by atoms with Gasteiger partial charge in [0, 0.05) is 27.7 Å². The summed E-state index contributed by atoms with van der Waals surface area (Å²) in [5.74, 6) is -1.19. The van der Waals surface area contributed by atoms with Gasteiger partial charge in [-0.2, -0.15) is 0 Å². The van der Waals surface area contributed by atoms with Crippen LogP contribution in [0.3, 0.4) is 0 Å². The zero-order valence-electron chi connectivity index (χ0n) is 8.95. The van der Waals surface area contributed by atoms with E-state index in [2.05, 4.69) is 31.9 Å². The molecule has 0 fully saturated rings. The van der Waals surface area contributed by atoms with Crippen molar-refractivity contribution in [2.75, 3.05) is 0 Å². The van der Waals surface area contributed by atoms with Gasteiger partial charge in [0.15, 0.2) is 0 Å². The van der Waals surface area contributed by atoms with Gasteiger partial charge in [0.05, 0.1) is 0 Å². The van der Waals surface area contributed by atoms with E-state index < -0.39 is 11.8 Å². The van der Waals surface area contributed by atoms with Gasteiger partial charge >= 0.3 is 0 Å². The minimum Gasteiger partial charge on any atom is -0.370 e. The van der Waals surface area contributed by atoms with Gasteiger partial charge in [0.1, 0.15) is 0 Å². The first-order valence-electron chi connectivity index (χ1n) is 4.91. The number of primary amides is 2. The van der Waals surface area contributed by atoms with Crippen molar-refractivity contribution < 1.29 is 9.59 Å². The minimum absolute atomic E-state index is 0.100. The predicted octanol–water partition coefficient (Wildman–Crippen LogP) is 2.05. The van der Waals surface area contributed by atoms with Crippen molar-refractivity contribution >= 4 is 43.7 Å². The SMILES string of the molecule is NC(=O)CC(CC(N)=O)c1ccc(Br)cc1Br. The van der Waals surface area contributed by atoms with Crippen LogP contribution in [0.2, 0.25) is 0 Å². The Hall–Kier alpha value is -0.880. The first-order chi connectivity index (χ1) is 7.90. The summed E-state index contributed by atoms with van der Waals surface area (Å²) in [5, 5.41) is 0. The Balaban J connectivity index is 3.02. The van der Waals surface area contributed by atoms with E-state index >= 15 is 0 Å². The van der Waals surface area contributed by atoms with Crippen molar-refractivity contribution in [3.63, 3.8) is 0 Å². The van der Waals surface area contributed by atoms with Crippen LogP contribution in [-0.4, -0.2) is 11.8 Å². The molecule has 1 rings (SSSR count). The molecule has 0 heterocycles. The topological polar surface area (TPSA) is 86.2 Å². The fourth-order valence-corrected chi connectivity index (χ4v) is 2.98. The quantitative estimate of drug-likeness (QED) is 0.838. The van der Waals surface area contributed by atoms with E-state index in [4.69, 9.17) is 11.5 Å². The summed E-state index contributed by atoms with van der Waals surface area (Å²) in [5.41, 5.74) is 11.2. The zero-order chi connectivity index (χ0) is 13.0. The fraction of sp³-hybridized carbons (Fsp3) is 0.273. The Morgan fingerprint density at radius 2 is 1.65 bits per heavy atom. The van der Waals surface area contributed by atoms with E-state index in [0.717, 1.165) is 14.5 Å². The van der Waals surface area contributed by atoms with E-state index in [-0.39, 0.29) is 18.8 Å². The molecule has 0 radical (unpaired) electrons. The molecule has 0 aliphatic rings. The zero-order valence-corrected chi connectivity index (χ0v) is 12.1. The molecular formula is C11H12Br2N2O2. The molecule has 0 aliphatic heterocycles. The number of hydrogen-bond acceptors (Lipinski definition) is 2. The summed E-state index contributed by atoms with van der Waals surface area (Å²) < 4.78 is 1.73. The molecule has 0 saturated heterocycles. The number of amides is 2. The Bertz CT molecular complexity index is 433. The molecule has 0 unspecified atom stereocenters. The Morgan fingerprint density at radius 3 is 2.06 bits per heavy atom. The number of nitrogens with two attached hydrogens (primary N) is 2. The third kappa shape index (κ3) is 4.47. The van der Waals surface area contributed by atoms with E-state index in [1.165, 1.54) is 0 Å². The van der Waals surface area contributed by atoms with E-state index in [1.807, 2.05) is 18.2 Å². The number of rotatable bonds is 5. The van der Waals surface area contributed by atoms with Crippen molar-refractivity contribution in [2.45, 2.75) is 18.8 Å². The molecule has 1 aromatic carbocycles. The molecule has 0 spiro atoms. The molecule has 1 aromatic rings. The van der Waals surface area contributed by atoms with Crippen molar-refractivity contribution in [3.8, 4) is 0 Å². The molecule has 0 saturated carbocycles. The summed E-state index contributed by atoms with van der Waals surface area (Å²) in [6.07, 6.45) is 0.201. The van der Waals surface area contributed by atoms with Crippen LogP contribution in [0.5, 0.6) is 0 Å². The fourth-order valence-electron chi connectivity index (χ4n) is 1.61. The van der Waals surface area contributed by atoms with Gasteiger partial charge in [0.2, 0.25) is 11.8 Å². The van der Waals surface area contributed by atoms with Crippen molar-refractivity contribution in [3.05, 3.63) is 32.7 Å². The molecule has 4 nitrogen and oxygen atoms in total. The summed E-state index contributed by atoms with van der Waals surface area (Å²) in [6.45, 7) is 0.